The van der Waals surface area contributed by atoms with Gasteiger partial charge in [-0.15, -0.1) is 0 Å². The summed E-state index contributed by atoms with van der Waals surface area (Å²) < 4.78 is 6.17. The molecule has 0 bridgehead atoms. The molecule has 1 fully saturated rings. The minimum Gasteiger partial charge on any atom is -0.488 e. The molecule has 1 saturated heterocycles. The highest BCUT2D eigenvalue weighted by Crippen LogP contribution is 2.34. The van der Waals surface area contributed by atoms with Crippen molar-refractivity contribution in [2.45, 2.75) is 45.9 Å². The zero-order valence-corrected chi connectivity index (χ0v) is 20.3. The Morgan fingerprint density at radius 3 is 2.59 bits per heavy atom. The van der Waals surface area contributed by atoms with Crippen molar-refractivity contribution in [3.8, 4) is 5.75 Å². The molecule has 2 aromatic rings. The van der Waals surface area contributed by atoms with Crippen LogP contribution in [0.3, 0.4) is 0 Å². The molecule has 2 amide bonds. The lowest BCUT2D eigenvalue weighted by atomic mass is 10.1. The highest BCUT2D eigenvalue weighted by Gasteiger charge is 2.36. The van der Waals surface area contributed by atoms with Crippen LogP contribution < -0.4 is 14.5 Å². The van der Waals surface area contributed by atoms with E-state index in [4.69, 9.17) is 14.7 Å². The van der Waals surface area contributed by atoms with Gasteiger partial charge in [0.1, 0.15) is 23.4 Å². The molecule has 9 heteroatoms. The summed E-state index contributed by atoms with van der Waals surface area (Å²) in [6.07, 6.45) is 0.874. The Hall–Kier alpha value is -3.36. The van der Waals surface area contributed by atoms with Crippen LogP contribution in [0.25, 0.3) is 0 Å². The van der Waals surface area contributed by atoms with E-state index in [2.05, 4.69) is 15.9 Å². The summed E-state index contributed by atoms with van der Waals surface area (Å²) in [7, 11) is 2.01. The first-order valence-electron chi connectivity index (χ1n) is 12.0. The monoisotopic (exact) mass is 464 g/mol. The summed E-state index contributed by atoms with van der Waals surface area (Å²) in [4.78, 5) is 42.5. The third-order valence-electron chi connectivity index (χ3n) is 6.95. The number of benzene rings is 1. The zero-order chi connectivity index (χ0) is 24.0. The third kappa shape index (κ3) is 4.03. The van der Waals surface area contributed by atoms with E-state index < -0.39 is 0 Å². The summed E-state index contributed by atoms with van der Waals surface area (Å²) in [5, 5.41) is 0. The largest absolute Gasteiger partial charge is 0.488 e. The van der Waals surface area contributed by atoms with Gasteiger partial charge in [-0.25, -0.2) is 4.98 Å². The first-order chi connectivity index (χ1) is 16.3. The van der Waals surface area contributed by atoms with E-state index in [9.17, 15) is 9.59 Å². The minimum atomic E-state index is -0.0461. The highest BCUT2D eigenvalue weighted by atomic mass is 16.5. The van der Waals surface area contributed by atoms with Gasteiger partial charge >= 0.3 is 0 Å². The van der Waals surface area contributed by atoms with Crippen LogP contribution in [0.15, 0.2) is 24.3 Å². The number of piperazine rings is 1. The van der Waals surface area contributed by atoms with Crippen LogP contribution in [0.4, 0.5) is 11.8 Å². The molecule has 0 radical (unpaired) electrons. The Morgan fingerprint density at radius 2 is 1.91 bits per heavy atom. The van der Waals surface area contributed by atoms with Gasteiger partial charge in [0.05, 0.1) is 13.1 Å². The van der Waals surface area contributed by atoms with E-state index >= 15 is 0 Å². The van der Waals surface area contributed by atoms with E-state index in [-0.39, 0.29) is 24.0 Å². The Labute approximate surface area is 200 Å². The average molecular weight is 465 g/mol. The lowest BCUT2D eigenvalue weighted by molar-refractivity contribution is -0.129. The fourth-order valence-electron chi connectivity index (χ4n) is 5.00. The number of anilines is 2. The normalized spacial score (nSPS) is 19.4. The van der Waals surface area contributed by atoms with E-state index in [1.165, 1.54) is 5.56 Å². The molecular weight excluding hydrogens is 432 g/mol. The second kappa shape index (κ2) is 8.77. The molecule has 3 aliphatic heterocycles. The molecular formula is C25H32N6O3. The van der Waals surface area contributed by atoms with Crippen molar-refractivity contribution < 1.29 is 14.3 Å². The summed E-state index contributed by atoms with van der Waals surface area (Å²) in [6.45, 7) is 9.34. The van der Waals surface area contributed by atoms with Crippen LogP contribution in [0.5, 0.6) is 5.75 Å². The van der Waals surface area contributed by atoms with Crippen LogP contribution in [-0.2, 0) is 17.8 Å². The maximum atomic E-state index is 13.2. The lowest BCUT2D eigenvalue weighted by Gasteiger charge is -2.34. The Balaban J connectivity index is 1.42. The molecule has 0 N–H and O–H groups in total. The molecule has 0 saturated carbocycles. The maximum Gasteiger partial charge on any atom is 0.273 e. The number of likely N-dealkylation sites (N-methyl/N-ethyl adjacent to an activating group) is 1. The first-order valence-corrected chi connectivity index (χ1v) is 12.0. The second-order valence-electron chi connectivity index (χ2n) is 9.63. The summed E-state index contributed by atoms with van der Waals surface area (Å²) in [6, 6.07) is 8.23. The topological polar surface area (TPSA) is 82.1 Å². The average Bonchev–Trinajstić information content (AvgIpc) is 3.38. The molecule has 1 aromatic carbocycles. The van der Waals surface area contributed by atoms with E-state index in [1.54, 1.807) is 6.92 Å². The first kappa shape index (κ1) is 22.4. The molecule has 0 aliphatic carbocycles. The van der Waals surface area contributed by atoms with Crippen molar-refractivity contribution >= 4 is 23.6 Å². The lowest BCUT2D eigenvalue weighted by Crippen LogP contribution is -2.48. The maximum absolute atomic E-state index is 13.2. The van der Waals surface area contributed by atoms with E-state index in [1.807, 2.05) is 48.9 Å². The summed E-state index contributed by atoms with van der Waals surface area (Å²) >= 11 is 0. The number of amides is 2. The van der Waals surface area contributed by atoms with Gasteiger partial charge in [0, 0.05) is 58.2 Å². The van der Waals surface area contributed by atoms with Gasteiger partial charge in [-0.05, 0) is 25.5 Å². The number of ether oxygens (including phenoxy) is 1. The molecule has 4 heterocycles. The van der Waals surface area contributed by atoms with Gasteiger partial charge in [-0.2, -0.15) is 4.98 Å². The number of aromatic nitrogens is 2. The van der Waals surface area contributed by atoms with Crippen molar-refractivity contribution in [2.75, 3.05) is 49.6 Å². The third-order valence-corrected chi connectivity index (χ3v) is 6.95. The Morgan fingerprint density at radius 1 is 1.18 bits per heavy atom. The Kier molecular flexibility index (Phi) is 5.79. The fraction of sp³-hybridized carbons (Fsp3) is 0.520. The molecule has 1 unspecified atom stereocenters. The zero-order valence-electron chi connectivity index (χ0n) is 20.3. The molecule has 5 rings (SSSR count). The number of hydrogen-bond acceptors (Lipinski definition) is 7. The van der Waals surface area contributed by atoms with Gasteiger partial charge < -0.3 is 24.3 Å². The van der Waals surface area contributed by atoms with Gasteiger partial charge in [0.2, 0.25) is 11.9 Å². The number of rotatable bonds is 5. The molecule has 34 heavy (non-hydrogen) atoms. The van der Waals surface area contributed by atoms with Crippen molar-refractivity contribution in [1.82, 2.24) is 19.8 Å². The van der Waals surface area contributed by atoms with Gasteiger partial charge in [-0.3, -0.25) is 9.59 Å². The number of carbonyl (C=O) groups excluding carboxylic acids is 2. The molecule has 1 atom stereocenters. The molecule has 1 aromatic heterocycles. The van der Waals surface area contributed by atoms with Gasteiger partial charge in [0.25, 0.3) is 5.91 Å². The summed E-state index contributed by atoms with van der Waals surface area (Å²) in [5.74, 6) is 2.31. The summed E-state index contributed by atoms with van der Waals surface area (Å²) in [5.41, 5.74) is 2.59. The van der Waals surface area contributed by atoms with Gasteiger partial charge in [0.15, 0.2) is 0 Å². The predicted molar refractivity (Wildman–Crippen MR) is 129 cm³/mol. The number of para-hydroxylation sites is 1. The van der Waals surface area contributed by atoms with Crippen molar-refractivity contribution in [1.29, 1.82) is 0 Å². The second-order valence-corrected chi connectivity index (χ2v) is 9.63. The van der Waals surface area contributed by atoms with Crippen molar-refractivity contribution in [3.63, 3.8) is 0 Å². The van der Waals surface area contributed by atoms with Crippen LogP contribution in [0, 0.1) is 0 Å². The van der Waals surface area contributed by atoms with Crippen LogP contribution in [0.1, 0.15) is 42.4 Å². The molecule has 0 spiro atoms. The molecule has 9 nitrogen and oxygen atoms in total. The van der Waals surface area contributed by atoms with E-state index in [0.717, 1.165) is 23.6 Å². The van der Waals surface area contributed by atoms with Crippen molar-refractivity contribution in [2.24, 2.45) is 0 Å². The minimum absolute atomic E-state index is 0.0221. The van der Waals surface area contributed by atoms with Crippen LogP contribution in [-0.4, -0.2) is 83.5 Å². The SMILES string of the molecule is CC(=O)N1CCN(c2nc3c(c(N(C)CC4Cc5ccccc5O4)n2)CN(C(C)C)C3=O)CC1. The number of carbonyl (C=O) groups is 2. The number of nitrogens with zero attached hydrogens (tertiary/aromatic N) is 6. The van der Waals surface area contributed by atoms with Crippen molar-refractivity contribution in [3.05, 3.63) is 41.1 Å². The van der Waals surface area contributed by atoms with E-state index in [0.29, 0.717) is 50.9 Å². The number of hydrogen-bond donors (Lipinski definition) is 0. The van der Waals surface area contributed by atoms with Crippen LogP contribution >= 0.6 is 0 Å². The fourth-order valence-corrected chi connectivity index (χ4v) is 5.00. The predicted octanol–water partition coefficient (Wildman–Crippen LogP) is 1.95. The Bertz CT molecular complexity index is 1090. The highest BCUT2D eigenvalue weighted by molar-refractivity contribution is 5.98. The molecule has 180 valence electrons. The van der Waals surface area contributed by atoms with Crippen LogP contribution in [0.2, 0.25) is 0 Å². The standard InChI is InChI=1S/C25H32N6O3/c1-16(2)31-15-20-22(24(31)33)26-25(30-11-9-29(10-12-30)17(3)32)27-23(20)28(4)14-19-13-18-7-5-6-8-21(18)34-19/h5-8,16,19H,9-15H2,1-4H3. The molecule has 3 aliphatic rings. The number of fused-ring (bicyclic) bond motifs is 2. The smallest absolute Gasteiger partial charge is 0.273 e. The quantitative estimate of drug-likeness (QED) is 0.669. The van der Waals surface area contributed by atoms with Gasteiger partial charge in [-0.1, -0.05) is 18.2 Å².